The van der Waals surface area contributed by atoms with Gasteiger partial charge in [-0.05, 0) is 18.2 Å². The summed E-state index contributed by atoms with van der Waals surface area (Å²) in [4.78, 5) is 13.8. The molecule has 0 aliphatic rings. The first-order chi connectivity index (χ1) is 9.79. The van der Waals surface area contributed by atoms with Gasteiger partial charge in [-0.15, -0.1) is 0 Å². The predicted molar refractivity (Wildman–Crippen MR) is 70.6 cm³/mol. The fourth-order valence-corrected chi connectivity index (χ4v) is 1.89. The summed E-state index contributed by atoms with van der Waals surface area (Å²) < 4.78 is 38.1. The molecule has 1 aromatic carbocycles. The molecule has 0 aliphatic carbocycles. The number of nitrogens with zero attached hydrogens (tertiary/aromatic N) is 2. The smallest absolute Gasteiger partial charge is 0.349 e. The van der Waals surface area contributed by atoms with E-state index < -0.39 is 27.4 Å². The summed E-state index contributed by atoms with van der Waals surface area (Å²) in [5, 5.41) is 12.9. The van der Waals surface area contributed by atoms with Gasteiger partial charge in [-0.3, -0.25) is 15.1 Å². The van der Waals surface area contributed by atoms with Crippen LogP contribution in [0.5, 0.6) is 0 Å². The van der Waals surface area contributed by atoms with Crippen molar-refractivity contribution in [3.63, 3.8) is 0 Å². The highest BCUT2D eigenvalue weighted by molar-refractivity contribution is 6.31. The van der Waals surface area contributed by atoms with Gasteiger partial charge in [0.1, 0.15) is 5.69 Å². The standard InChI is InChI=1S/C12H7ClF3N3O2/c13-9-5-10(18-7-2-1-3-17-6-7)11(19(20)21)4-8(9)12(14,15)16/h1-6,18H. The van der Waals surface area contributed by atoms with Gasteiger partial charge in [0, 0.05) is 12.3 Å². The number of hydrogen-bond donors (Lipinski definition) is 1. The average molecular weight is 318 g/mol. The first-order valence-corrected chi connectivity index (χ1v) is 5.89. The number of halogens is 4. The lowest BCUT2D eigenvalue weighted by Gasteiger charge is -2.12. The van der Waals surface area contributed by atoms with Crippen LogP contribution < -0.4 is 5.32 Å². The van der Waals surface area contributed by atoms with Crippen LogP contribution in [-0.4, -0.2) is 9.91 Å². The minimum absolute atomic E-state index is 0.147. The maximum Gasteiger partial charge on any atom is 0.418 e. The first kappa shape index (κ1) is 15.0. The molecule has 21 heavy (non-hydrogen) atoms. The highest BCUT2D eigenvalue weighted by Crippen LogP contribution is 2.40. The van der Waals surface area contributed by atoms with E-state index in [4.69, 9.17) is 11.6 Å². The molecule has 0 atom stereocenters. The number of pyridine rings is 1. The van der Waals surface area contributed by atoms with E-state index >= 15 is 0 Å². The van der Waals surface area contributed by atoms with Gasteiger partial charge >= 0.3 is 6.18 Å². The molecule has 0 unspecified atom stereocenters. The zero-order chi connectivity index (χ0) is 15.6. The summed E-state index contributed by atoms with van der Waals surface area (Å²) in [6.45, 7) is 0. The molecule has 0 amide bonds. The van der Waals surface area contributed by atoms with Gasteiger partial charge in [0.05, 0.1) is 27.4 Å². The molecular weight excluding hydrogens is 311 g/mol. The summed E-state index contributed by atoms with van der Waals surface area (Å²) in [6.07, 6.45) is -1.91. The number of rotatable bonds is 3. The number of hydrogen-bond acceptors (Lipinski definition) is 4. The number of alkyl halides is 3. The van der Waals surface area contributed by atoms with Gasteiger partial charge in [0.2, 0.25) is 0 Å². The Kier molecular flexibility index (Phi) is 3.99. The highest BCUT2D eigenvalue weighted by atomic mass is 35.5. The molecule has 0 fully saturated rings. The molecule has 1 N–H and O–H groups in total. The van der Waals surface area contributed by atoms with Crippen molar-refractivity contribution in [2.75, 3.05) is 5.32 Å². The molecule has 2 rings (SSSR count). The molecule has 0 bridgehead atoms. The van der Waals surface area contributed by atoms with Crippen LogP contribution in [0.2, 0.25) is 5.02 Å². The Morgan fingerprint density at radius 3 is 2.57 bits per heavy atom. The van der Waals surface area contributed by atoms with Crippen LogP contribution in [0.4, 0.5) is 30.2 Å². The normalized spacial score (nSPS) is 11.2. The number of benzene rings is 1. The molecule has 9 heteroatoms. The second kappa shape index (κ2) is 5.57. The lowest BCUT2D eigenvalue weighted by atomic mass is 10.1. The Labute approximate surface area is 121 Å². The van der Waals surface area contributed by atoms with E-state index in [-0.39, 0.29) is 5.69 Å². The van der Waals surface area contributed by atoms with Crippen molar-refractivity contribution in [3.8, 4) is 0 Å². The largest absolute Gasteiger partial charge is 0.418 e. The molecule has 0 radical (unpaired) electrons. The molecule has 5 nitrogen and oxygen atoms in total. The van der Waals surface area contributed by atoms with Crippen molar-refractivity contribution in [2.24, 2.45) is 0 Å². The van der Waals surface area contributed by atoms with Crippen molar-refractivity contribution in [1.29, 1.82) is 0 Å². The van der Waals surface area contributed by atoms with Crippen LogP contribution >= 0.6 is 11.6 Å². The van der Waals surface area contributed by atoms with Gasteiger partial charge in [-0.1, -0.05) is 11.6 Å². The number of anilines is 2. The van der Waals surface area contributed by atoms with E-state index in [0.29, 0.717) is 11.8 Å². The number of nitro groups is 1. The average Bonchev–Trinajstić information content (AvgIpc) is 2.38. The van der Waals surface area contributed by atoms with Crippen LogP contribution in [0.15, 0.2) is 36.7 Å². The minimum Gasteiger partial charge on any atom is -0.349 e. The molecule has 1 aromatic heterocycles. The lowest BCUT2D eigenvalue weighted by molar-refractivity contribution is -0.384. The second-order valence-corrected chi connectivity index (χ2v) is 4.38. The second-order valence-electron chi connectivity index (χ2n) is 3.97. The van der Waals surface area contributed by atoms with Crippen LogP contribution in [0.25, 0.3) is 0 Å². The maximum absolute atomic E-state index is 12.7. The molecule has 1 heterocycles. The fourth-order valence-electron chi connectivity index (χ4n) is 1.62. The van der Waals surface area contributed by atoms with E-state index in [1.54, 1.807) is 12.1 Å². The van der Waals surface area contributed by atoms with Gasteiger partial charge in [-0.25, -0.2) is 0 Å². The highest BCUT2D eigenvalue weighted by Gasteiger charge is 2.36. The third-order valence-electron chi connectivity index (χ3n) is 2.53. The SMILES string of the molecule is O=[N+]([O-])c1cc(C(F)(F)F)c(Cl)cc1Nc1cccnc1. The third kappa shape index (κ3) is 3.40. The number of nitrogens with one attached hydrogen (secondary N) is 1. The van der Waals surface area contributed by atoms with Crippen molar-refractivity contribution >= 4 is 28.7 Å². The minimum atomic E-state index is -4.77. The number of aromatic nitrogens is 1. The summed E-state index contributed by atoms with van der Waals surface area (Å²) in [5.41, 5.74) is -1.74. The van der Waals surface area contributed by atoms with Gasteiger partial charge < -0.3 is 5.32 Å². The molecule has 2 aromatic rings. The topological polar surface area (TPSA) is 68.1 Å². The zero-order valence-corrected chi connectivity index (χ0v) is 10.9. The van der Waals surface area contributed by atoms with E-state index in [2.05, 4.69) is 10.3 Å². The van der Waals surface area contributed by atoms with Gasteiger partial charge in [-0.2, -0.15) is 13.2 Å². The fraction of sp³-hybridized carbons (Fsp3) is 0.0833. The molecule has 110 valence electrons. The summed E-state index contributed by atoms with van der Waals surface area (Å²) in [5.74, 6) is 0. The summed E-state index contributed by atoms with van der Waals surface area (Å²) in [6, 6.07) is 4.40. The quantitative estimate of drug-likeness (QED) is 0.672. The summed E-state index contributed by atoms with van der Waals surface area (Å²) in [7, 11) is 0. The summed E-state index contributed by atoms with van der Waals surface area (Å²) >= 11 is 5.56. The van der Waals surface area contributed by atoms with Crippen LogP contribution in [-0.2, 0) is 6.18 Å². The maximum atomic E-state index is 12.7. The van der Waals surface area contributed by atoms with Crippen molar-refractivity contribution in [2.45, 2.75) is 6.18 Å². The van der Waals surface area contributed by atoms with E-state index in [1.807, 2.05) is 0 Å². The van der Waals surface area contributed by atoms with Gasteiger partial charge in [0.25, 0.3) is 5.69 Å². The Bertz CT molecular complexity index is 677. The van der Waals surface area contributed by atoms with Crippen LogP contribution in [0.1, 0.15) is 5.56 Å². The number of nitro benzene ring substituents is 1. The van der Waals surface area contributed by atoms with E-state index in [9.17, 15) is 23.3 Å². The molecule has 0 saturated carbocycles. The Balaban J connectivity index is 2.51. The van der Waals surface area contributed by atoms with Crippen LogP contribution in [0.3, 0.4) is 0 Å². The monoisotopic (exact) mass is 317 g/mol. The third-order valence-corrected chi connectivity index (χ3v) is 2.84. The molecule has 0 saturated heterocycles. The molecular formula is C12H7ClF3N3O2. The zero-order valence-electron chi connectivity index (χ0n) is 10.2. The predicted octanol–water partition coefficient (Wildman–Crippen LogP) is 4.41. The Hall–Kier alpha value is -2.35. The van der Waals surface area contributed by atoms with Crippen molar-refractivity contribution in [3.05, 3.63) is 57.4 Å². The molecule has 0 aliphatic heterocycles. The molecule has 0 spiro atoms. The Morgan fingerprint density at radius 1 is 1.33 bits per heavy atom. The van der Waals surface area contributed by atoms with E-state index in [0.717, 1.165) is 6.07 Å². The Morgan fingerprint density at radius 2 is 2.05 bits per heavy atom. The first-order valence-electron chi connectivity index (χ1n) is 5.51. The van der Waals surface area contributed by atoms with E-state index in [1.165, 1.54) is 12.4 Å². The van der Waals surface area contributed by atoms with Crippen molar-refractivity contribution in [1.82, 2.24) is 4.98 Å². The van der Waals surface area contributed by atoms with Crippen LogP contribution in [0, 0.1) is 10.1 Å². The lowest BCUT2D eigenvalue weighted by Crippen LogP contribution is -2.08. The van der Waals surface area contributed by atoms with Gasteiger partial charge in [0.15, 0.2) is 0 Å². The van der Waals surface area contributed by atoms with Crippen molar-refractivity contribution < 1.29 is 18.1 Å².